The van der Waals surface area contributed by atoms with Crippen molar-refractivity contribution in [2.24, 2.45) is 0 Å². The predicted octanol–water partition coefficient (Wildman–Crippen LogP) is 1.01. The number of hydrogen-bond acceptors (Lipinski definition) is 6. The monoisotopic (exact) mass is 346 g/mol. The van der Waals surface area contributed by atoms with Crippen molar-refractivity contribution in [2.45, 2.75) is 19.0 Å². The van der Waals surface area contributed by atoms with Crippen LogP contribution >= 0.6 is 0 Å². The van der Waals surface area contributed by atoms with Gasteiger partial charge in [-0.1, -0.05) is 30.3 Å². The Bertz CT molecular complexity index is 807. The zero-order valence-corrected chi connectivity index (χ0v) is 13.8. The molecule has 0 bridgehead atoms. The van der Waals surface area contributed by atoms with Crippen molar-refractivity contribution >= 4 is 21.7 Å². The summed E-state index contributed by atoms with van der Waals surface area (Å²) in [6.07, 6.45) is 3.31. The highest BCUT2D eigenvalue weighted by Gasteiger charge is 2.29. The van der Waals surface area contributed by atoms with Gasteiger partial charge in [-0.05, 0) is 12.0 Å². The number of nitrogens with zero attached hydrogens (tertiary/aromatic N) is 2. The molecule has 0 spiro atoms. The molecule has 1 aromatic heterocycles. The molecule has 1 saturated heterocycles. The van der Waals surface area contributed by atoms with Crippen molar-refractivity contribution in [3.63, 3.8) is 0 Å². The molecule has 1 fully saturated rings. The fourth-order valence-electron chi connectivity index (χ4n) is 2.49. The number of aromatic nitrogens is 2. The van der Waals surface area contributed by atoms with E-state index in [0.29, 0.717) is 24.5 Å². The van der Waals surface area contributed by atoms with Gasteiger partial charge in [0.05, 0.1) is 17.1 Å². The maximum atomic E-state index is 12.1. The molecule has 24 heavy (non-hydrogen) atoms. The highest BCUT2D eigenvalue weighted by atomic mass is 32.2. The Hall–Kier alpha value is -2.48. The minimum Gasteiger partial charge on any atom is -0.350 e. The van der Waals surface area contributed by atoms with E-state index in [-0.39, 0.29) is 23.5 Å². The number of nitrogens with one attached hydrogen (secondary N) is 2. The lowest BCUT2D eigenvalue weighted by molar-refractivity contribution is 0.0940. The van der Waals surface area contributed by atoms with E-state index in [1.54, 1.807) is 0 Å². The number of carbonyl (C=O) groups excluding carboxylic acids is 1. The number of rotatable bonds is 5. The minimum absolute atomic E-state index is 0.00366. The average Bonchev–Trinajstić information content (AvgIpc) is 2.93. The molecule has 1 unspecified atom stereocenters. The first-order valence-corrected chi connectivity index (χ1v) is 9.45. The number of carbonyl (C=O) groups is 1. The Morgan fingerprint density at radius 1 is 1.17 bits per heavy atom. The first kappa shape index (κ1) is 16.4. The van der Waals surface area contributed by atoms with Gasteiger partial charge in [-0.2, -0.15) is 0 Å². The Kier molecular flexibility index (Phi) is 4.75. The maximum Gasteiger partial charge on any atom is 0.254 e. The largest absolute Gasteiger partial charge is 0.350 e. The van der Waals surface area contributed by atoms with Crippen LogP contribution in [0, 0.1) is 0 Å². The SMILES string of the molecule is O=C(NC1CCS(=O)(=O)C1)c1cnc(NCc2ccccc2)nc1. The molecule has 0 saturated carbocycles. The van der Waals surface area contributed by atoms with E-state index in [1.165, 1.54) is 12.4 Å². The van der Waals surface area contributed by atoms with Gasteiger partial charge in [-0.25, -0.2) is 18.4 Å². The molecule has 0 radical (unpaired) electrons. The molecule has 1 aliphatic rings. The van der Waals surface area contributed by atoms with Crippen LogP contribution in [0.25, 0.3) is 0 Å². The van der Waals surface area contributed by atoms with Crippen LogP contribution < -0.4 is 10.6 Å². The first-order valence-electron chi connectivity index (χ1n) is 7.63. The molecule has 2 aromatic rings. The molecule has 1 aliphatic heterocycles. The van der Waals surface area contributed by atoms with E-state index in [0.717, 1.165) is 5.56 Å². The third-order valence-corrected chi connectivity index (χ3v) is 5.54. The van der Waals surface area contributed by atoms with Gasteiger partial charge in [0.2, 0.25) is 5.95 Å². The Morgan fingerprint density at radius 3 is 2.50 bits per heavy atom. The number of benzene rings is 1. The van der Waals surface area contributed by atoms with E-state index in [4.69, 9.17) is 0 Å². The van der Waals surface area contributed by atoms with Crippen molar-refractivity contribution in [2.75, 3.05) is 16.8 Å². The fourth-order valence-corrected chi connectivity index (χ4v) is 4.16. The summed E-state index contributed by atoms with van der Waals surface area (Å²) in [5, 5.41) is 5.79. The van der Waals surface area contributed by atoms with Crippen molar-refractivity contribution in [3.05, 3.63) is 53.9 Å². The molecule has 2 heterocycles. The van der Waals surface area contributed by atoms with Gasteiger partial charge in [0.15, 0.2) is 9.84 Å². The van der Waals surface area contributed by atoms with Crippen LogP contribution in [0.15, 0.2) is 42.7 Å². The Morgan fingerprint density at radius 2 is 1.88 bits per heavy atom. The van der Waals surface area contributed by atoms with E-state index >= 15 is 0 Å². The lowest BCUT2D eigenvalue weighted by atomic mass is 10.2. The molecule has 1 amide bonds. The summed E-state index contributed by atoms with van der Waals surface area (Å²) < 4.78 is 22.8. The predicted molar refractivity (Wildman–Crippen MR) is 90.3 cm³/mol. The molecule has 2 N–H and O–H groups in total. The van der Waals surface area contributed by atoms with Gasteiger partial charge >= 0.3 is 0 Å². The summed E-state index contributed by atoms with van der Waals surface area (Å²) in [4.78, 5) is 20.3. The van der Waals surface area contributed by atoms with Crippen LogP contribution in [-0.2, 0) is 16.4 Å². The Labute approximate surface area is 140 Å². The molecule has 1 atom stereocenters. The quantitative estimate of drug-likeness (QED) is 0.838. The van der Waals surface area contributed by atoms with Gasteiger partial charge < -0.3 is 10.6 Å². The van der Waals surface area contributed by atoms with E-state index in [1.807, 2.05) is 30.3 Å². The summed E-state index contributed by atoms with van der Waals surface area (Å²) in [7, 11) is -3.02. The standard InChI is InChI=1S/C16H18N4O3S/c21-15(20-14-6-7-24(22,23)11-14)13-9-18-16(19-10-13)17-8-12-4-2-1-3-5-12/h1-5,9-10,14H,6-8,11H2,(H,20,21)(H,17,18,19). The second-order valence-electron chi connectivity index (χ2n) is 5.71. The van der Waals surface area contributed by atoms with E-state index in [9.17, 15) is 13.2 Å². The van der Waals surface area contributed by atoms with Crippen molar-refractivity contribution in [1.82, 2.24) is 15.3 Å². The van der Waals surface area contributed by atoms with Crippen LogP contribution in [0.4, 0.5) is 5.95 Å². The van der Waals surface area contributed by atoms with Gasteiger partial charge in [0.1, 0.15) is 0 Å². The van der Waals surface area contributed by atoms with E-state index < -0.39 is 9.84 Å². The van der Waals surface area contributed by atoms with Gasteiger partial charge in [-0.15, -0.1) is 0 Å². The highest BCUT2D eigenvalue weighted by molar-refractivity contribution is 7.91. The summed E-state index contributed by atoms with van der Waals surface area (Å²) in [6, 6.07) is 9.50. The normalized spacial score (nSPS) is 18.9. The zero-order chi connectivity index (χ0) is 17.0. The first-order chi connectivity index (χ1) is 11.5. The molecular formula is C16H18N4O3S. The molecular weight excluding hydrogens is 328 g/mol. The number of amides is 1. The molecule has 126 valence electrons. The third kappa shape index (κ3) is 4.29. The smallest absolute Gasteiger partial charge is 0.254 e. The molecule has 7 nitrogen and oxygen atoms in total. The summed E-state index contributed by atoms with van der Waals surface area (Å²) in [5.41, 5.74) is 1.41. The van der Waals surface area contributed by atoms with Crippen LogP contribution in [0.3, 0.4) is 0 Å². The van der Waals surface area contributed by atoms with Crippen LogP contribution in [-0.4, -0.2) is 41.8 Å². The molecule has 8 heteroatoms. The second-order valence-corrected chi connectivity index (χ2v) is 7.94. The van der Waals surface area contributed by atoms with Crippen LogP contribution in [0.2, 0.25) is 0 Å². The summed E-state index contributed by atoms with van der Waals surface area (Å²) in [6.45, 7) is 0.590. The topological polar surface area (TPSA) is 101 Å². The summed E-state index contributed by atoms with van der Waals surface area (Å²) >= 11 is 0. The van der Waals surface area contributed by atoms with Crippen molar-refractivity contribution in [1.29, 1.82) is 0 Å². The number of sulfone groups is 1. The molecule has 0 aliphatic carbocycles. The van der Waals surface area contributed by atoms with Gasteiger partial charge in [-0.3, -0.25) is 4.79 Å². The fraction of sp³-hybridized carbons (Fsp3) is 0.312. The van der Waals surface area contributed by atoms with Crippen molar-refractivity contribution in [3.8, 4) is 0 Å². The minimum atomic E-state index is -3.02. The summed E-state index contributed by atoms with van der Waals surface area (Å²) in [5.74, 6) is 0.193. The Balaban J connectivity index is 1.55. The number of anilines is 1. The van der Waals surface area contributed by atoms with E-state index in [2.05, 4.69) is 20.6 Å². The number of hydrogen-bond donors (Lipinski definition) is 2. The molecule has 3 rings (SSSR count). The van der Waals surface area contributed by atoms with Gasteiger partial charge in [0, 0.05) is 25.0 Å². The lowest BCUT2D eigenvalue weighted by Gasteiger charge is -2.10. The average molecular weight is 346 g/mol. The molecule has 1 aromatic carbocycles. The van der Waals surface area contributed by atoms with Gasteiger partial charge in [0.25, 0.3) is 5.91 Å². The van der Waals surface area contributed by atoms with Crippen LogP contribution in [0.5, 0.6) is 0 Å². The van der Waals surface area contributed by atoms with Crippen molar-refractivity contribution < 1.29 is 13.2 Å². The second kappa shape index (κ2) is 6.96. The van der Waals surface area contributed by atoms with Crippen LogP contribution in [0.1, 0.15) is 22.3 Å². The zero-order valence-electron chi connectivity index (χ0n) is 13.0. The highest BCUT2D eigenvalue weighted by Crippen LogP contribution is 2.12. The maximum absolute atomic E-state index is 12.1. The third-order valence-electron chi connectivity index (χ3n) is 3.78. The lowest BCUT2D eigenvalue weighted by Crippen LogP contribution is -2.35.